The second-order valence-electron chi connectivity index (χ2n) is 6.06. The zero-order valence-corrected chi connectivity index (χ0v) is 16.1. The second-order valence-corrected chi connectivity index (χ2v) is 6.06. The number of carbonyl (C=O) groups is 3. The van der Waals surface area contributed by atoms with E-state index >= 15 is 0 Å². The summed E-state index contributed by atoms with van der Waals surface area (Å²) in [5.74, 6) is -0.780. The molecule has 148 valence electrons. The number of rotatable bonds is 9. The summed E-state index contributed by atoms with van der Waals surface area (Å²) in [6.45, 7) is 5.06. The lowest BCUT2D eigenvalue weighted by Crippen LogP contribution is -2.26. The molecule has 0 atom stereocenters. The Morgan fingerprint density at radius 1 is 0.929 bits per heavy atom. The predicted molar refractivity (Wildman–Crippen MR) is 109 cm³/mol. The van der Waals surface area contributed by atoms with Crippen LogP contribution < -0.4 is 16.0 Å². The Morgan fingerprint density at radius 2 is 1.64 bits per heavy atom. The van der Waals surface area contributed by atoms with Gasteiger partial charge in [0, 0.05) is 37.9 Å². The minimum Gasteiger partial charge on any atom is -0.382 e. The van der Waals surface area contributed by atoms with Crippen molar-refractivity contribution < 1.29 is 19.1 Å². The van der Waals surface area contributed by atoms with Crippen LogP contribution in [0.4, 0.5) is 11.4 Å². The zero-order chi connectivity index (χ0) is 20.4. The van der Waals surface area contributed by atoms with Crippen LogP contribution in [-0.4, -0.2) is 37.5 Å². The summed E-state index contributed by atoms with van der Waals surface area (Å²) in [6.07, 6.45) is 0.717. The Balaban J connectivity index is 2.00. The van der Waals surface area contributed by atoms with Crippen LogP contribution in [0.3, 0.4) is 0 Å². The Labute approximate surface area is 164 Å². The zero-order valence-electron chi connectivity index (χ0n) is 16.1. The number of amides is 3. The standard InChI is InChI=1S/C21H25N3O4/c1-3-28-14-6-13-22-21(27)18-7-4-5-8-19(18)24-20(26)16-9-11-17(12-10-16)23-15(2)25/h4-5,7-12H,3,6,13-14H2,1-2H3,(H,22,27)(H,23,25)(H,24,26). The van der Waals surface area contributed by atoms with Crippen molar-refractivity contribution in [2.75, 3.05) is 30.4 Å². The summed E-state index contributed by atoms with van der Waals surface area (Å²) >= 11 is 0. The van der Waals surface area contributed by atoms with Gasteiger partial charge in [-0.1, -0.05) is 12.1 Å². The highest BCUT2D eigenvalue weighted by Crippen LogP contribution is 2.17. The molecule has 2 aromatic carbocycles. The van der Waals surface area contributed by atoms with E-state index in [1.807, 2.05) is 6.92 Å². The van der Waals surface area contributed by atoms with Crippen molar-refractivity contribution in [2.45, 2.75) is 20.3 Å². The fourth-order valence-electron chi connectivity index (χ4n) is 2.51. The number of para-hydroxylation sites is 1. The quantitative estimate of drug-likeness (QED) is 0.580. The van der Waals surface area contributed by atoms with E-state index < -0.39 is 0 Å². The fraction of sp³-hybridized carbons (Fsp3) is 0.286. The van der Waals surface area contributed by atoms with E-state index in [4.69, 9.17) is 4.74 Å². The van der Waals surface area contributed by atoms with Gasteiger partial charge < -0.3 is 20.7 Å². The highest BCUT2D eigenvalue weighted by atomic mass is 16.5. The summed E-state index contributed by atoms with van der Waals surface area (Å²) in [4.78, 5) is 36.0. The Hall–Kier alpha value is -3.19. The highest BCUT2D eigenvalue weighted by Gasteiger charge is 2.14. The average Bonchev–Trinajstić information content (AvgIpc) is 2.68. The molecule has 0 spiro atoms. The maximum absolute atomic E-state index is 12.5. The number of anilines is 2. The molecule has 0 aliphatic rings. The summed E-state index contributed by atoms with van der Waals surface area (Å²) < 4.78 is 5.24. The molecular weight excluding hydrogens is 358 g/mol. The van der Waals surface area contributed by atoms with Gasteiger partial charge in [-0.2, -0.15) is 0 Å². The van der Waals surface area contributed by atoms with E-state index in [1.165, 1.54) is 6.92 Å². The van der Waals surface area contributed by atoms with Crippen molar-refractivity contribution >= 4 is 29.1 Å². The van der Waals surface area contributed by atoms with Crippen molar-refractivity contribution in [1.29, 1.82) is 0 Å². The van der Waals surface area contributed by atoms with Gasteiger partial charge in [-0.3, -0.25) is 14.4 Å². The molecule has 2 rings (SSSR count). The summed E-state index contributed by atoms with van der Waals surface area (Å²) in [7, 11) is 0. The molecule has 0 aromatic heterocycles. The van der Waals surface area contributed by atoms with Crippen molar-refractivity contribution in [3.05, 3.63) is 59.7 Å². The molecule has 7 nitrogen and oxygen atoms in total. The smallest absolute Gasteiger partial charge is 0.255 e. The van der Waals surface area contributed by atoms with Crippen LogP contribution in [-0.2, 0) is 9.53 Å². The Bertz CT molecular complexity index is 819. The number of nitrogens with one attached hydrogen (secondary N) is 3. The van der Waals surface area contributed by atoms with E-state index in [-0.39, 0.29) is 17.7 Å². The highest BCUT2D eigenvalue weighted by molar-refractivity contribution is 6.09. The molecule has 0 heterocycles. The van der Waals surface area contributed by atoms with Gasteiger partial charge in [-0.05, 0) is 49.7 Å². The normalized spacial score (nSPS) is 10.2. The van der Waals surface area contributed by atoms with Crippen LogP contribution in [0.2, 0.25) is 0 Å². The van der Waals surface area contributed by atoms with Gasteiger partial charge in [0.15, 0.2) is 0 Å². The number of hydrogen-bond donors (Lipinski definition) is 3. The molecule has 28 heavy (non-hydrogen) atoms. The molecule has 0 saturated heterocycles. The molecule has 0 radical (unpaired) electrons. The summed E-state index contributed by atoms with van der Waals surface area (Å²) in [6, 6.07) is 13.3. The van der Waals surface area contributed by atoms with Gasteiger partial charge in [0.05, 0.1) is 11.3 Å². The molecule has 0 aliphatic heterocycles. The maximum Gasteiger partial charge on any atom is 0.255 e. The number of hydrogen-bond acceptors (Lipinski definition) is 4. The van der Waals surface area contributed by atoms with Crippen LogP contribution in [0.15, 0.2) is 48.5 Å². The first kappa shape index (κ1) is 21.1. The van der Waals surface area contributed by atoms with Gasteiger partial charge in [-0.15, -0.1) is 0 Å². The van der Waals surface area contributed by atoms with E-state index in [0.29, 0.717) is 42.3 Å². The predicted octanol–water partition coefficient (Wildman–Crippen LogP) is 3.05. The minimum absolute atomic E-state index is 0.182. The van der Waals surface area contributed by atoms with E-state index in [2.05, 4.69) is 16.0 Å². The van der Waals surface area contributed by atoms with Crippen LogP contribution in [0.5, 0.6) is 0 Å². The lowest BCUT2D eigenvalue weighted by atomic mass is 10.1. The molecule has 0 aliphatic carbocycles. The first-order chi connectivity index (χ1) is 13.5. The van der Waals surface area contributed by atoms with Gasteiger partial charge in [0.1, 0.15) is 0 Å². The second kappa shape index (κ2) is 10.8. The van der Waals surface area contributed by atoms with Crippen LogP contribution in [0, 0.1) is 0 Å². The molecule has 0 saturated carbocycles. The summed E-state index contributed by atoms with van der Waals surface area (Å²) in [5.41, 5.74) is 1.85. The first-order valence-corrected chi connectivity index (χ1v) is 9.15. The summed E-state index contributed by atoms with van der Waals surface area (Å²) in [5, 5.41) is 8.24. The van der Waals surface area contributed by atoms with E-state index in [9.17, 15) is 14.4 Å². The van der Waals surface area contributed by atoms with Crippen molar-refractivity contribution in [3.8, 4) is 0 Å². The van der Waals surface area contributed by atoms with Gasteiger partial charge in [-0.25, -0.2) is 0 Å². The Kier molecular flexibility index (Phi) is 8.17. The molecular formula is C21H25N3O4. The Morgan fingerprint density at radius 3 is 2.32 bits per heavy atom. The van der Waals surface area contributed by atoms with Crippen molar-refractivity contribution in [3.63, 3.8) is 0 Å². The molecule has 2 aromatic rings. The first-order valence-electron chi connectivity index (χ1n) is 9.15. The largest absolute Gasteiger partial charge is 0.382 e. The van der Waals surface area contributed by atoms with Gasteiger partial charge >= 0.3 is 0 Å². The SMILES string of the molecule is CCOCCCNC(=O)c1ccccc1NC(=O)c1ccc(NC(C)=O)cc1. The number of ether oxygens (including phenoxy) is 1. The third-order valence-electron chi connectivity index (χ3n) is 3.84. The average molecular weight is 383 g/mol. The monoisotopic (exact) mass is 383 g/mol. The fourth-order valence-corrected chi connectivity index (χ4v) is 2.51. The number of carbonyl (C=O) groups excluding carboxylic acids is 3. The third-order valence-corrected chi connectivity index (χ3v) is 3.84. The molecule has 0 bridgehead atoms. The molecule has 0 fully saturated rings. The molecule has 3 amide bonds. The topological polar surface area (TPSA) is 96.5 Å². The molecule has 3 N–H and O–H groups in total. The maximum atomic E-state index is 12.5. The number of benzene rings is 2. The third kappa shape index (κ3) is 6.51. The van der Waals surface area contributed by atoms with Crippen molar-refractivity contribution in [2.24, 2.45) is 0 Å². The van der Waals surface area contributed by atoms with Crippen LogP contribution in [0.1, 0.15) is 41.0 Å². The van der Waals surface area contributed by atoms with Crippen LogP contribution in [0.25, 0.3) is 0 Å². The molecule has 0 unspecified atom stereocenters. The van der Waals surface area contributed by atoms with Gasteiger partial charge in [0.25, 0.3) is 11.8 Å². The van der Waals surface area contributed by atoms with E-state index in [1.54, 1.807) is 48.5 Å². The minimum atomic E-state index is -0.342. The lowest BCUT2D eigenvalue weighted by Gasteiger charge is -2.12. The lowest BCUT2D eigenvalue weighted by molar-refractivity contribution is -0.114. The van der Waals surface area contributed by atoms with E-state index in [0.717, 1.165) is 6.42 Å². The van der Waals surface area contributed by atoms with Crippen LogP contribution >= 0.6 is 0 Å². The molecule has 7 heteroatoms. The van der Waals surface area contributed by atoms with Crippen molar-refractivity contribution in [1.82, 2.24) is 5.32 Å². The van der Waals surface area contributed by atoms with Gasteiger partial charge in [0.2, 0.25) is 5.91 Å².